The lowest BCUT2D eigenvalue weighted by Gasteiger charge is -2.20. The van der Waals surface area contributed by atoms with E-state index in [0.717, 1.165) is 51.4 Å². The Morgan fingerprint density at radius 3 is 1.19 bits per heavy atom. The van der Waals surface area contributed by atoms with E-state index in [1.807, 2.05) is 6.08 Å². The zero-order valence-corrected chi connectivity index (χ0v) is 41.4. The molecule has 0 fully saturated rings. The standard InChI is InChI=1S/C56H105NO5/c1-3-5-7-9-11-13-28-32-36-40-44-48-54(59)53(52-58)57-55(60)49-45-41-37-33-30-26-24-22-20-18-16-15-17-19-21-23-25-27-31-35-39-43-47-51-62-56(61)50-46-42-38-34-29-14-12-10-8-6-4-2/h10,12,18,20,44,48,53-54,58-59H,3-9,11,13-17,19,21-43,45-47,49-52H2,1-2H3,(H,57,60)/b12-10-,20-18-,48-44+. The molecule has 2 atom stereocenters. The van der Waals surface area contributed by atoms with Crippen LogP contribution < -0.4 is 5.32 Å². The molecule has 0 aliphatic heterocycles. The molecule has 0 radical (unpaired) electrons. The fourth-order valence-electron chi connectivity index (χ4n) is 8.14. The molecule has 2 unspecified atom stereocenters. The van der Waals surface area contributed by atoms with Crippen LogP contribution in [-0.2, 0) is 14.3 Å². The van der Waals surface area contributed by atoms with Gasteiger partial charge in [0.25, 0.3) is 0 Å². The molecule has 0 aliphatic carbocycles. The van der Waals surface area contributed by atoms with Gasteiger partial charge in [0.15, 0.2) is 0 Å². The molecule has 0 saturated heterocycles. The van der Waals surface area contributed by atoms with Gasteiger partial charge in [0.1, 0.15) is 0 Å². The summed E-state index contributed by atoms with van der Waals surface area (Å²) in [5, 5.41) is 23.0. The molecule has 0 saturated carbocycles. The van der Waals surface area contributed by atoms with Crippen LogP contribution >= 0.6 is 0 Å². The largest absolute Gasteiger partial charge is 0.466 e. The van der Waals surface area contributed by atoms with Crippen molar-refractivity contribution in [3.63, 3.8) is 0 Å². The number of rotatable bonds is 50. The summed E-state index contributed by atoms with van der Waals surface area (Å²) in [5.74, 6) is -0.0769. The molecule has 0 spiro atoms. The summed E-state index contributed by atoms with van der Waals surface area (Å²) in [4.78, 5) is 24.4. The first-order valence-corrected chi connectivity index (χ1v) is 27.3. The maximum Gasteiger partial charge on any atom is 0.305 e. The SMILES string of the molecule is CCCC/C=C\CCCCCCCC(=O)OCCCCCCCCCCCCCC/C=C\CCCCCCCCCC(=O)NC(CO)C(O)/C=C/CCCCCCCCCCC. The number of allylic oxidation sites excluding steroid dienone is 5. The highest BCUT2D eigenvalue weighted by Gasteiger charge is 2.18. The van der Waals surface area contributed by atoms with Gasteiger partial charge in [-0.15, -0.1) is 0 Å². The molecule has 364 valence electrons. The number of carbonyl (C=O) groups excluding carboxylic acids is 2. The van der Waals surface area contributed by atoms with Crippen molar-refractivity contribution in [1.29, 1.82) is 0 Å². The molecule has 0 aromatic carbocycles. The van der Waals surface area contributed by atoms with Crippen molar-refractivity contribution < 1.29 is 24.5 Å². The molecule has 62 heavy (non-hydrogen) atoms. The van der Waals surface area contributed by atoms with Crippen molar-refractivity contribution in [3.8, 4) is 0 Å². The second-order valence-electron chi connectivity index (χ2n) is 18.5. The van der Waals surface area contributed by atoms with Crippen LogP contribution in [0, 0.1) is 0 Å². The van der Waals surface area contributed by atoms with Crippen LogP contribution in [0.15, 0.2) is 36.5 Å². The number of unbranched alkanes of at least 4 members (excludes halogenated alkanes) is 35. The number of aliphatic hydroxyl groups excluding tert-OH is 2. The van der Waals surface area contributed by atoms with Gasteiger partial charge in [0.05, 0.1) is 25.4 Å². The smallest absolute Gasteiger partial charge is 0.305 e. The zero-order chi connectivity index (χ0) is 45.1. The third kappa shape index (κ3) is 47.6. The summed E-state index contributed by atoms with van der Waals surface area (Å²) in [6.07, 6.45) is 63.1. The second-order valence-corrected chi connectivity index (χ2v) is 18.5. The van der Waals surface area contributed by atoms with Gasteiger partial charge >= 0.3 is 5.97 Å². The molecular formula is C56H105NO5. The van der Waals surface area contributed by atoms with Crippen LogP contribution in [0.1, 0.15) is 284 Å². The molecule has 0 aromatic heterocycles. The second kappa shape index (κ2) is 51.7. The van der Waals surface area contributed by atoms with Gasteiger partial charge in [-0.2, -0.15) is 0 Å². The fraction of sp³-hybridized carbons (Fsp3) is 0.857. The first kappa shape index (κ1) is 60.1. The minimum Gasteiger partial charge on any atom is -0.466 e. The van der Waals surface area contributed by atoms with E-state index in [9.17, 15) is 19.8 Å². The Labute approximate surface area is 385 Å². The third-order valence-electron chi connectivity index (χ3n) is 12.4. The molecular weight excluding hydrogens is 767 g/mol. The first-order valence-electron chi connectivity index (χ1n) is 27.3. The van der Waals surface area contributed by atoms with Crippen LogP contribution in [-0.4, -0.2) is 47.4 Å². The van der Waals surface area contributed by atoms with E-state index in [4.69, 9.17) is 4.74 Å². The number of hydrogen-bond donors (Lipinski definition) is 3. The van der Waals surface area contributed by atoms with Gasteiger partial charge in [-0.25, -0.2) is 0 Å². The fourth-order valence-corrected chi connectivity index (χ4v) is 8.14. The van der Waals surface area contributed by atoms with E-state index >= 15 is 0 Å². The monoisotopic (exact) mass is 872 g/mol. The number of amides is 1. The van der Waals surface area contributed by atoms with Crippen LogP contribution in [0.2, 0.25) is 0 Å². The number of nitrogens with one attached hydrogen (secondary N) is 1. The van der Waals surface area contributed by atoms with E-state index in [0.29, 0.717) is 19.4 Å². The van der Waals surface area contributed by atoms with Crippen LogP contribution in [0.4, 0.5) is 0 Å². The van der Waals surface area contributed by atoms with Crippen molar-refractivity contribution in [1.82, 2.24) is 5.32 Å². The topological polar surface area (TPSA) is 95.9 Å². The Kier molecular flexibility index (Phi) is 50.1. The Bertz CT molecular complexity index is 1010. The molecule has 6 heteroatoms. The minimum absolute atomic E-state index is 0.000801. The average molecular weight is 872 g/mol. The van der Waals surface area contributed by atoms with E-state index in [-0.39, 0.29) is 18.5 Å². The van der Waals surface area contributed by atoms with Crippen LogP contribution in [0.5, 0.6) is 0 Å². The van der Waals surface area contributed by atoms with E-state index in [1.165, 1.54) is 205 Å². The number of ether oxygens (including phenoxy) is 1. The summed E-state index contributed by atoms with van der Waals surface area (Å²) >= 11 is 0. The van der Waals surface area contributed by atoms with Crippen molar-refractivity contribution in [2.75, 3.05) is 13.2 Å². The van der Waals surface area contributed by atoms with Crippen molar-refractivity contribution in [3.05, 3.63) is 36.5 Å². The maximum atomic E-state index is 12.4. The number of carbonyl (C=O) groups is 2. The highest BCUT2D eigenvalue weighted by molar-refractivity contribution is 5.76. The number of hydrogen-bond acceptors (Lipinski definition) is 5. The Balaban J connectivity index is 3.43. The van der Waals surface area contributed by atoms with E-state index < -0.39 is 12.1 Å². The molecule has 1 amide bonds. The summed E-state index contributed by atoms with van der Waals surface area (Å²) in [6.45, 7) is 4.84. The highest BCUT2D eigenvalue weighted by atomic mass is 16.5. The van der Waals surface area contributed by atoms with Gasteiger partial charge in [-0.05, 0) is 77.0 Å². The number of esters is 1. The highest BCUT2D eigenvalue weighted by Crippen LogP contribution is 2.15. The van der Waals surface area contributed by atoms with Crippen LogP contribution in [0.3, 0.4) is 0 Å². The lowest BCUT2D eigenvalue weighted by Crippen LogP contribution is -2.45. The van der Waals surface area contributed by atoms with E-state index in [2.05, 4.69) is 43.5 Å². The molecule has 6 nitrogen and oxygen atoms in total. The van der Waals surface area contributed by atoms with Crippen molar-refractivity contribution in [2.24, 2.45) is 0 Å². The Morgan fingerprint density at radius 2 is 0.774 bits per heavy atom. The lowest BCUT2D eigenvalue weighted by molar-refractivity contribution is -0.143. The quantitative estimate of drug-likeness (QED) is 0.0321. The summed E-state index contributed by atoms with van der Waals surface area (Å²) in [6, 6.07) is -0.631. The van der Waals surface area contributed by atoms with Gasteiger partial charge in [-0.1, -0.05) is 230 Å². The molecule has 0 heterocycles. The summed E-state index contributed by atoms with van der Waals surface area (Å²) in [7, 11) is 0. The summed E-state index contributed by atoms with van der Waals surface area (Å²) in [5.41, 5.74) is 0. The average Bonchev–Trinajstić information content (AvgIpc) is 3.27. The Morgan fingerprint density at radius 1 is 0.435 bits per heavy atom. The van der Waals surface area contributed by atoms with Crippen molar-refractivity contribution in [2.45, 2.75) is 296 Å². The minimum atomic E-state index is -0.846. The van der Waals surface area contributed by atoms with Crippen LogP contribution in [0.25, 0.3) is 0 Å². The third-order valence-corrected chi connectivity index (χ3v) is 12.4. The van der Waals surface area contributed by atoms with Gasteiger partial charge in [0, 0.05) is 12.8 Å². The van der Waals surface area contributed by atoms with Crippen molar-refractivity contribution >= 4 is 11.9 Å². The van der Waals surface area contributed by atoms with Gasteiger partial charge in [-0.3, -0.25) is 9.59 Å². The summed E-state index contributed by atoms with van der Waals surface area (Å²) < 4.78 is 5.45. The predicted molar refractivity (Wildman–Crippen MR) is 269 cm³/mol. The normalized spacial score (nSPS) is 12.9. The number of aliphatic hydroxyl groups is 2. The first-order chi connectivity index (χ1) is 30.5. The molecule has 0 bridgehead atoms. The molecule has 0 aliphatic rings. The Hall–Kier alpha value is -1.92. The predicted octanol–water partition coefficient (Wildman–Crippen LogP) is 16.5. The van der Waals surface area contributed by atoms with E-state index in [1.54, 1.807) is 6.08 Å². The lowest BCUT2D eigenvalue weighted by atomic mass is 10.0. The van der Waals surface area contributed by atoms with Gasteiger partial charge < -0.3 is 20.3 Å². The maximum absolute atomic E-state index is 12.4. The zero-order valence-electron chi connectivity index (χ0n) is 41.4. The van der Waals surface area contributed by atoms with Gasteiger partial charge in [0.2, 0.25) is 5.91 Å². The molecule has 0 rings (SSSR count). The molecule has 0 aromatic rings. The molecule has 3 N–H and O–H groups in total.